The Hall–Kier alpha value is -1.58. The Bertz CT molecular complexity index is 929. The van der Waals surface area contributed by atoms with Crippen LogP contribution in [0.25, 0.3) is 22.0 Å². The Morgan fingerprint density at radius 3 is 2.55 bits per heavy atom. The number of benzene rings is 2. The van der Waals surface area contributed by atoms with Gasteiger partial charge in [-0.05, 0) is 61.1 Å². The SMILES string of the molecule is Cc1ccc2c(-c3[c-]cccc3)nccc2c1.OC1CCCC2CCC(O)C12.[Ir]. The van der Waals surface area contributed by atoms with E-state index in [2.05, 4.69) is 42.2 Å². The van der Waals surface area contributed by atoms with Crippen molar-refractivity contribution in [1.29, 1.82) is 0 Å². The van der Waals surface area contributed by atoms with E-state index in [9.17, 15) is 10.2 Å². The van der Waals surface area contributed by atoms with Crippen LogP contribution in [0.1, 0.15) is 37.7 Å². The predicted octanol–water partition coefficient (Wildman–Crippen LogP) is 4.93. The van der Waals surface area contributed by atoms with Gasteiger partial charge in [-0.3, -0.25) is 0 Å². The third kappa shape index (κ3) is 4.95. The summed E-state index contributed by atoms with van der Waals surface area (Å²) in [6, 6.07) is 19.7. The third-order valence-electron chi connectivity index (χ3n) is 6.23. The molecule has 2 N–H and O–H groups in total. The molecule has 3 aromatic rings. The van der Waals surface area contributed by atoms with Crippen molar-refractivity contribution in [3.63, 3.8) is 0 Å². The zero-order valence-corrected chi connectivity index (χ0v) is 19.1. The van der Waals surface area contributed by atoms with Gasteiger partial charge in [-0.2, -0.15) is 0 Å². The van der Waals surface area contributed by atoms with Crippen LogP contribution in [-0.2, 0) is 20.1 Å². The molecule has 0 amide bonds. The number of aliphatic hydroxyl groups is 2. The van der Waals surface area contributed by atoms with Gasteiger partial charge in [0.1, 0.15) is 0 Å². The first-order valence-electron chi connectivity index (χ1n) is 10.3. The number of aryl methyl sites for hydroxylation is 1. The number of hydrogen-bond acceptors (Lipinski definition) is 3. The summed E-state index contributed by atoms with van der Waals surface area (Å²) in [7, 11) is 0. The van der Waals surface area contributed by atoms with Gasteiger partial charge in [-0.25, -0.2) is 0 Å². The summed E-state index contributed by atoms with van der Waals surface area (Å²) in [6.45, 7) is 2.11. The first-order chi connectivity index (χ1) is 13.6. The number of aliphatic hydroxyl groups excluding tert-OH is 2. The van der Waals surface area contributed by atoms with E-state index in [0.29, 0.717) is 5.92 Å². The number of fused-ring (bicyclic) bond motifs is 2. The topological polar surface area (TPSA) is 53.4 Å². The monoisotopic (exact) mass is 567 g/mol. The summed E-state index contributed by atoms with van der Waals surface area (Å²) < 4.78 is 0. The summed E-state index contributed by atoms with van der Waals surface area (Å²) in [6.07, 6.45) is 6.74. The molecule has 4 unspecified atom stereocenters. The number of hydrogen-bond donors (Lipinski definition) is 2. The fraction of sp³-hybridized carbons (Fsp3) is 0.400. The Morgan fingerprint density at radius 2 is 1.79 bits per heavy atom. The van der Waals surface area contributed by atoms with Gasteiger partial charge >= 0.3 is 0 Å². The maximum Gasteiger partial charge on any atom is 0.0595 e. The third-order valence-corrected chi connectivity index (χ3v) is 6.23. The van der Waals surface area contributed by atoms with Crippen LogP contribution in [-0.4, -0.2) is 27.4 Å². The fourth-order valence-corrected chi connectivity index (χ4v) is 4.83. The first kappa shape index (κ1) is 22.1. The van der Waals surface area contributed by atoms with Crippen molar-refractivity contribution >= 4 is 10.8 Å². The van der Waals surface area contributed by atoms with Crippen LogP contribution < -0.4 is 0 Å². The molecule has 2 aliphatic rings. The van der Waals surface area contributed by atoms with Crippen LogP contribution in [0.5, 0.6) is 0 Å². The molecule has 4 atom stereocenters. The first-order valence-corrected chi connectivity index (χ1v) is 10.3. The van der Waals surface area contributed by atoms with Crippen LogP contribution in [0, 0.1) is 24.8 Å². The summed E-state index contributed by atoms with van der Waals surface area (Å²) in [5, 5.41) is 21.5. The molecule has 0 bridgehead atoms. The minimum absolute atomic E-state index is 0. The summed E-state index contributed by atoms with van der Waals surface area (Å²) >= 11 is 0. The minimum atomic E-state index is -0.216. The Labute approximate surface area is 186 Å². The average molecular weight is 567 g/mol. The second kappa shape index (κ2) is 9.95. The molecule has 2 aliphatic carbocycles. The average Bonchev–Trinajstić information content (AvgIpc) is 3.11. The second-order valence-electron chi connectivity index (χ2n) is 8.14. The van der Waals surface area contributed by atoms with Crippen LogP contribution in [0.2, 0.25) is 0 Å². The van der Waals surface area contributed by atoms with Crippen LogP contribution in [0.4, 0.5) is 0 Å². The summed E-state index contributed by atoms with van der Waals surface area (Å²) in [5.74, 6) is 0.831. The molecule has 155 valence electrons. The maximum atomic E-state index is 9.59. The van der Waals surface area contributed by atoms with Crippen molar-refractivity contribution in [2.75, 3.05) is 0 Å². The van der Waals surface area contributed by atoms with Crippen molar-refractivity contribution in [2.24, 2.45) is 11.8 Å². The number of nitrogens with zero attached hydrogens (tertiary/aromatic N) is 1. The minimum Gasteiger partial charge on any atom is -0.393 e. The van der Waals surface area contributed by atoms with Crippen LogP contribution in [0.3, 0.4) is 0 Å². The van der Waals surface area contributed by atoms with E-state index >= 15 is 0 Å². The molecule has 0 saturated heterocycles. The predicted molar refractivity (Wildman–Crippen MR) is 113 cm³/mol. The molecule has 0 spiro atoms. The Morgan fingerprint density at radius 1 is 0.966 bits per heavy atom. The molecule has 2 aromatic carbocycles. The molecule has 2 fully saturated rings. The zero-order chi connectivity index (χ0) is 19.5. The second-order valence-corrected chi connectivity index (χ2v) is 8.14. The smallest absolute Gasteiger partial charge is 0.0595 e. The molecule has 5 rings (SSSR count). The zero-order valence-electron chi connectivity index (χ0n) is 16.7. The number of aromatic nitrogens is 1. The molecule has 3 nitrogen and oxygen atoms in total. The van der Waals surface area contributed by atoms with Gasteiger partial charge in [-0.15, -0.1) is 35.9 Å². The maximum absolute atomic E-state index is 9.59. The van der Waals surface area contributed by atoms with E-state index in [-0.39, 0.29) is 38.2 Å². The van der Waals surface area contributed by atoms with E-state index in [4.69, 9.17) is 0 Å². The number of pyridine rings is 1. The van der Waals surface area contributed by atoms with Crippen LogP contribution in [0.15, 0.2) is 54.7 Å². The fourth-order valence-electron chi connectivity index (χ4n) is 4.83. The van der Waals surface area contributed by atoms with Gasteiger partial charge in [0.15, 0.2) is 0 Å². The molecule has 4 heteroatoms. The quantitative estimate of drug-likeness (QED) is 0.411. The molecular weight excluding hydrogens is 538 g/mol. The summed E-state index contributed by atoms with van der Waals surface area (Å²) in [5.41, 5.74) is 3.32. The van der Waals surface area contributed by atoms with Gasteiger partial charge in [0.2, 0.25) is 0 Å². The van der Waals surface area contributed by atoms with Crippen molar-refractivity contribution < 1.29 is 30.3 Å². The molecule has 0 aliphatic heterocycles. The largest absolute Gasteiger partial charge is 0.393 e. The molecule has 29 heavy (non-hydrogen) atoms. The van der Waals surface area contributed by atoms with E-state index in [0.717, 1.165) is 36.9 Å². The van der Waals surface area contributed by atoms with Gasteiger partial charge in [0, 0.05) is 32.2 Å². The molecular formula is C25H28IrNO2-. The van der Waals surface area contributed by atoms with Crippen molar-refractivity contribution in [3.8, 4) is 11.3 Å². The summed E-state index contributed by atoms with van der Waals surface area (Å²) in [4.78, 5) is 4.48. The molecule has 1 radical (unpaired) electrons. The van der Waals surface area contributed by atoms with Crippen molar-refractivity contribution in [1.82, 2.24) is 4.98 Å². The van der Waals surface area contributed by atoms with Gasteiger partial charge in [-0.1, -0.05) is 30.2 Å². The van der Waals surface area contributed by atoms with Gasteiger partial charge in [0.05, 0.1) is 12.2 Å². The van der Waals surface area contributed by atoms with E-state index in [1.807, 2.05) is 30.5 Å². The van der Waals surface area contributed by atoms with E-state index < -0.39 is 0 Å². The van der Waals surface area contributed by atoms with Crippen molar-refractivity contribution in [2.45, 2.75) is 51.2 Å². The van der Waals surface area contributed by atoms with Gasteiger partial charge in [0.25, 0.3) is 0 Å². The normalized spacial score (nSPS) is 25.5. The van der Waals surface area contributed by atoms with Crippen molar-refractivity contribution in [3.05, 3.63) is 66.4 Å². The Kier molecular flexibility index (Phi) is 7.59. The van der Waals surface area contributed by atoms with Crippen LogP contribution >= 0.6 is 0 Å². The van der Waals surface area contributed by atoms with E-state index in [1.54, 1.807) is 0 Å². The standard InChI is InChI=1S/C16H12N.C9H16O2.Ir/c1-12-7-8-15-14(11-12)9-10-17-16(15)13-5-3-2-4-6-13;10-7-3-1-2-6-4-5-8(11)9(6)7;/h2-5,7-11H,1H3;6-11H,1-5H2;/q-1;;. The number of rotatable bonds is 1. The Balaban J connectivity index is 0.000000174. The van der Waals surface area contributed by atoms with Gasteiger partial charge < -0.3 is 15.2 Å². The molecule has 2 saturated carbocycles. The molecule has 1 heterocycles. The molecule has 1 aromatic heterocycles. The van der Waals surface area contributed by atoms with E-state index in [1.165, 1.54) is 22.8 Å².